The van der Waals surface area contributed by atoms with Gasteiger partial charge < -0.3 is 14.8 Å². The third-order valence-corrected chi connectivity index (χ3v) is 6.69. The Hall–Kier alpha value is -2.84. The minimum absolute atomic E-state index is 0.0357. The van der Waals surface area contributed by atoms with Crippen molar-refractivity contribution in [1.29, 1.82) is 0 Å². The van der Waals surface area contributed by atoms with Gasteiger partial charge in [-0.15, -0.1) is 10.2 Å². The number of rotatable bonds is 9. The van der Waals surface area contributed by atoms with Crippen LogP contribution in [0.1, 0.15) is 36.7 Å². The summed E-state index contributed by atoms with van der Waals surface area (Å²) in [6.07, 6.45) is 2.17. The second kappa shape index (κ2) is 10.9. The predicted octanol–water partition coefficient (Wildman–Crippen LogP) is 4.24. The second-order valence-electron chi connectivity index (χ2n) is 8.22. The lowest BCUT2D eigenvalue weighted by molar-refractivity contribution is -0.120. The molecular formula is C25H30N4O3S. The molecule has 2 atom stereocenters. The molecule has 2 aromatic carbocycles. The van der Waals surface area contributed by atoms with Gasteiger partial charge in [0.25, 0.3) is 0 Å². The number of carbonyl (C=O) groups excluding carboxylic acids is 1. The maximum Gasteiger partial charge on any atom is 0.233 e. The van der Waals surface area contributed by atoms with E-state index in [4.69, 9.17) is 9.47 Å². The molecule has 1 aliphatic rings. The highest BCUT2D eigenvalue weighted by Gasteiger charge is 2.23. The van der Waals surface area contributed by atoms with Crippen molar-refractivity contribution in [1.82, 2.24) is 20.1 Å². The van der Waals surface area contributed by atoms with Crippen LogP contribution in [0.25, 0.3) is 5.69 Å². The Morgan fingerprint density at radius 2 is 1.94 bits per heavy atom. The van der Waals surface area contributed by atoms with Crippen LogP contribution >= 0.6 is 11.8 Å². The summed E-state index contributed by atoms with van der Waals surface area (Å²) in [6, 6.07) is 16.0. The topological polar surface area (TPSA) is 78.3 Å². The molecule has 7 nitrogen and oxygen atoms in total. The molecule has 8 heteroatoms. The van der Waals surface area contributed by atoms with E-state index >= 15 is 0 Å². The van der Waals surface area contributed by atoms with E-state index in [1.165, 1.54) is 11.8 Å². The summed E-state index contributed by atoms with van der Waals surface area (Å²) in [4.78, 5) is 12.7. The smallest absolute Gasteiger partial charge is 0.233 e. The molecule has 2 heterocycles. The maximum atomic E-state index is 12.7. The monoisotopic (exact) mass is 466 g/mol. The number of ether oxygens (including phenoxy) is 2. The number of hydrogen-bond donors (Lipinski definition) is 1. The summed E-state index contributed by atoms with van der Waals surface area (Å²) in [7, 11) is 0. The van der Waals surface area contributed by atoms with Crippen LogP contribution in [0, 0.1) is 13.8 Å². The Kier molecular flexibility index (Phi) is 7.67. The van der Waals surface area contributed by atoms with Crippen LogP contribution in [0.3, 0.4) is 0 Å². The van der Waals surface area contributed by atoms with Gasteiger partial charge in [0.15, 0.2) is 11.0 Å². The van der Waals surface area contributed by atoms with E-state index in [1.54, 1.807) is 0 Å². The van der Waals surface area contributed by atoms with E-state index in [0.717, 1.165) is 42.0 Å². The van der Waals surface area contributed by atoms with Gasteiger partial charge in [0.1, 0.15) is 12.4 Å². The fraction of sp³-hybridized carbons (Fsp3) is 0.400. The summed E-state index contributed by atoms with van der Waals surface area (Å²) in [5, 5.41) is 12.1. The van der Waals surface area contributed by atoms with Crippen LogP contribution < -0.4 is 10.1 Å². The zero-order valence-electron chi connectivity index (χ0n) is 19.3. The van der Waals surface area contributed by atoms with Gasteiger partial charge in [-0.3, -0.25) is 9.36 Å². The Balaban J connectivity index is 1.50. The highest BCUT2D eigenvalue weighted by molar-refractivity contribution is 8.00. The number of hydrogen-bond acceptors (Lipinski definition) is 6. The fourth-order valence-corrected chi connectivity index (χ4v) is 4.76. The molecule has 4 rings (SSSR count). The van der Waals surface area contributed by atoms with Gasteiger partial charge in [0.2, 0.25) is 5.91 Å². The molecule has 0 saturated carbocycles. The van der Waals surface area contributed by atoms with Crippen molar-refractivity contribution in [3.8, 4) is 11.4 Å². The third-order valence-electron chi connectivity index (χ3n) is 5.65. The highest BCUT2D eigenvalue weighted by Crippen LogP contribution is 2.28. The Morgan fingerprint density at radius 1 is 1.18 bits per heavy atom. The number of aryl methyl sites for hydroxylation is 2. The quantitative estimate of drug-likeness (QED) is 0.475. The van der Waals surface area contributed by atoms with Crippen molar-refractivity contribution in [2.75, 3.05) is 13.2 Å². The van der Waals surface area contributed by atoms with Crippen LogP contribution in [-0.2, 0) is 16.1 Å². The summed E-state index contributed by atoms with van der Waals surface area (Å²) < 4.78 is 13.7. The van der Waals surface area contributed by atoms with Crippen LogP contribution in [0.5, 0.6) is 5.75 Å². The lowest BCUT2D eigenvalue weighted by Crippen LogP contribution is -2.36. The first-order chi connectivity index (χ1) is 16.0. The van der Waals surface area contributed by atoms with Gasteiger partial charge in [-0.1, -0.05) is 48.2 Å². The van der Waals surface area contributed by atoms with Gasteiger partial charge >= 0.3 is 0 Å². The number of nitrogens with one attached hydrogen (secondary N) is 1. The number of aromatic nitrogens is 3. The molecule has 1 amide bonds. The number of para-hydroxylation sites is 2. The summed E-state index contributed by atoms with van der Waals surface area (Å²) >= 11 is 1.39. The third kappa shape index (κ3) is 5.75. The molecule has 1 aliphatic heterocycles. The van der Waals surface area contributed by atoms with Crippen molar-refractivity contribution in [3.63, 3.8) is 0 Å². The minimum atomic E-state index is -0.328. The molecule has 33 heavy (non-hydrogen) atoms. The van der Waals surface area contributed by atoms with E-state index in [2.05, 4.69) is 15.5 Å². The SMILES string of the molecule is Cc1cccc(C)c1OCc1nnc(S[C@H](C)C(=O)NC[C@@H]2CCCO2)n1-c1ccccc1. The Labute approximate surface area is 198 Å². The van der Waals surface area contributed by atoms with E-state index in [0.29, 0.717) is 17.5 Å². The molecule has 0 radical (unpaired) electrons. The molecule has 1 fully saturated rings. The maximum absolute atomic E-state index is 12.7. The van der Waals surface area contributed by atoms with Gasteiger partial charge in [0.05, 0.1) is 11.4 Å². The molecule has 0 bridgehead atoms. The largest absolute Gasteiger partial charge is 0.485 e. The van der Waals surface area contributed by atoms with Gasteiger partial charge in [-0.05, 0) is 56.9 Å². The molecule has 1 aromatic heterocycles. The summed E-state index contributed by atoms with van der Waals surface area (Å²) in [5.41, 5.74) is 3.08. The van der Waals surface area contributed by atoms with Crippen molar-refractivity contribution in [2.45, 2.75) is 56.7 Å². The second-order valence-corrected chi connectivity index (χ2v) is 9.53. The van der Waals surface area contributed by atoms with Crippen LogP contribution in [0.4, 0.5) is 0 Å². The van der Waals surface area contributed by atoms with Crippen LogP contribution in [0.15, 0.2) is 53.7 Å². The average molecular weight is 467 g/mol. The van der Waals surface area contributed by atoms with Crippen molar-refractivity contribution in [3.05, 3.63) is 65.5 Å². The highest BCUT2D eigenvalue weighted by atomic mass is 32.2. The van der Waals surface area contributed by atoms with E-state index in [9.17, 15) is 4.79 Å². The first-order valence-corrected chi connectivity index (χ1v) is 12.2. The molecule has 3 aromatic rings. The van der Waals surface area contributed by atoms with Crippen molar-refractivity contribution in [2.24, 2.45) is 0 Å². The van der Waals surface area contributed by atoms with Crippen LogP contribution in [0.2, 0.25) is 0 Å². The first kappa shape index (κ1) is 23.3. The van der Waals surface area contributed by atoms with Gasteiger partial charge in [-0.25, -0.2) is 0 Å². The van der Waals surface area contributed by atoms with Gasteiger partial charge in [0, 0.05) is 18.8 Å². The number of thioether (sulfide) groups is 1. The van der Waals surface area contributed by atoms with E-state index < -0.39 is 0 Å². The summed E-state index contributed by atoms with van der Waals surface area (Å²) in [5.74, 6) is 1.50. The minimum Gasteiger partial charge on any atom is -0.485 e. The standard InChI is InChI=1S/C25H30N4O3S/c1-17-9-7-10-18(2)23(17)32-16-22-27-28-25(29(22)20-11-5-4-6-12-20)33-19(3)24(30)26-15-21-13-8-14-31-21/h4-7,9-12,19,21H,8,13-16H2,1-3H3,(H,26,30)/t19-,21+/m1/s1. The summed E-state index contributed by atoms with van der Waals surface area (Å²) in [6.45, 7) is 7.53. The number of nitrogens with zero attached hydrogens (tertiary/aromatic N) is 3. The molecular weight excluding hydrogens is 436 g/mol. The molecule has 0 unspecified atom stereocenters. The predicted molar refractivity (Wildman–Crippen MR) is 129 cm³/mol. The van der Waals surface area contributed by atoms with Crippen LogP contribution in [-0.4, -0.2) is 45.2 Å². The molecule has 1 N–H and O–H groups in total. The average Bonchev–Trinajstić information content (AvgIpc) is 3.48. The zero-order chi connectivity index (χ0) is 23.2. The van der Waals surface area contributed by atoms with Crippen molar-refractivity contribution < 1.29 is 14.3 Å². The molecule has 0 spiro atoms. The Bertz CT molecular complexity index is 1060. The lowest BCUT2D eigenvalue weighted by Gasteiger charge is -2.16. The Morgan fingerprint density at radius 3 is 2.64 bits per heavy atom. The normalized spacial score (nSPS) is 16.5. The fourth-order valence-electron chi connectivity index (χ4n) is 3.85. The number of carbonyl (C=O) groups is 1. The molecule has 1 saturated heterocycles. The molecule has 0 aliphatic carbocycles. The van der Waals surface area contributed by atoms with E-state index in [1.807, 2.05) is 73.9 Å². The number of benzene rings is 2. The number of amides is 1. The molecule has 174 valence electrons. The lowest BCUT2D eigenvalue weighted by atomic mass is 10.1. The first-order valence-electron chi connectivity index (χ1n) is 11.3. The van der Waals surface area contributed by atoms with Gasteiger partial charge in [-0.2, -0.15) is 0 Å². The van der Waals surface area contributed by atoms with Crippen molar-refractivity contribution >= 4 is 17.7 Å². The van der Waals surface area contributed by atoms with E-state index in [-0.39, 0.29) is 23.9 Å². The zero-order valence-corrected chi connectivity index (χ0v) is 20.1.